The second-order valence-corrected chi connectivity index (χ2v) is 4.35. The molecule has 0 aliphatic heterocycles. The first-order valence-electron chi connectivity index (χ1n) is 5.68. The van der Waals surface area contributed by atoms with E-state index in [0.717, 1.165) is 0 Å². The van der Waals surface area contributed by atoms with Gasteiger partial charge >= 0.3 is 0 Å². The lowest BCUT2D eigenvalue weighted by Crippen LogP contribution is -2.35. The van der Waals surface area contributed by atoms with Gasteiger partial charge in [-0.1, -0.05) is 0 Å². The quantitative estimate of drug-likeness (QED) is 0.891. The fourth-order valence-electron chi connectivity index (χ4n) is 1.56. The van der Waals surface area contributed by atoms with Crippen LogP contribution >= 0.6 is 0 Å². The zero-order valence-corrected chi connectivity index (χ0v) is 11.0. The van der Waals surface area contributed by atoms with Crippen LogP contribution in [0.15, 0.2) is 18.2 Å². The highest BCUT2D eigenvalue weighted by atomic mass is 19.1. The lowest BCUT2D eigenvalue weighted by atomic mass is 10.1. The predicted molar refractivity (Wildman–Crippen MR) is 65.8 cm³/mol. The van der Waals surface area contributed by atoms with Gasteiger partial charge in [0.25, 0.3) is 5.91 Å². The molecule has 0 heterocycles. The van der Waals surface area contributed by atoms with Crippen LogP contribution in [-0.2, 0) is 4.79 Å². The van der Waals surface area contributed by atoms with Crippen LogP contribution in [0.5, 0.6) is 5.75 Å². The number of amides is 1. The Kier molecular flexibility index (Phi) is 4.67. The number of likely N-dealkylation sites (N-methyl/N-ethyl adjacent to an activating group) is 1. The largest absolute Gasteiger partial charge is 0.481 e. The van der Waals surface area contributed by atoms with Crippen LogP contribution in [0.4, 0.5) is 4.39 Å². The van der Waals surface area contributed by atoms with Gasteiger partial charge in [0.2, 0.25) is 0 Å². The molecule has 18 heavy (non-hydrogen) atoms. The van der Waals surface area contributed by atoms with Crippen molar-refractivity contribution in [3.05, 3.63) is 29.6 Å². The number of aliphatic hydroxyl groups is 1. The van der Waals surface area contributed by atoms with Crippen molar-refractivity contribution in [1.82, 2.24) is 4.90 Å². The van der Waals surface area contributed by atoms with Crippen molar-refractivity contribution >= 4 is 5.91 Å². The Morgan fingerprint density at radius 1 is 1.39 bits per heavy atom. The summed E-state index contributed by atoms with van der Waals surface area (Å²) in [6.07, 6.45) is -1.56. The van der Waals surface area contributed by atoms with Gasteiger partial charge in [0, 0.05) is 19.7 Å². The third-order valence-corrected chi connectivity index (χ3v) is 2.51. The Balaban J connectivity index is 2.94. The molecule has 1 unspecified atom stereocenters. The van der Waals surface area contributed by atoms with E-state index in [2.05, 4.69) is 0 Å². The Labute approximate surface area is 106 Å². The zero-order chi connectivity index (χ0) is 13.9. The average Bonchev–Trinajstić information content (AvgIpc) is 2.29. The molecule has 1 aromatic carbocycles. The monoisotopic (exact) mass is 255 g/mol. The summed E-state index contributed by atoms with van der Waals surface area (Å²) in [7, 11) is 3.25. The third kappa shape index (κ3) is 3.43. The van der Waals surface area contributed by atoms with Crippen LogP contribution in [0.2, 0.25) is 0 Å². The summed E-state index contributed by atoms with van der Waals surface area (Å²) in [5.41, 5.74) is 0.327. The lowest BCUT2D eigenvalue weighted by Gasteiger charge is -2.20. The highest BCUT2D eigenvalue weighted by Crippen LogP contribution is 2.27. The molecule has 0 saturated carbocycles. The lowest BCUT2D eigenvalue weighted by molar-refractivity contribution is -0.135. The number of carbonyl (C=O) groups is 1. The van der Waals surface area contributed by atoms with E-state index in [1.807, 2.05) is 0 Å². The van der Waals surface area contributed by atoms with E-state index in [1.165, 1.54) is 30.0 Å². The van der Waals surface area contributed by atoms with Crippen LogP contribution < -0.4 is 4.74 Å². The van der Waals surface area contributed by atoms with Crippen LogP contribution in [0.1, 0.15) is 25.5 Å². The Hall–Kier alpha value is -1.62. The number of ether oxygens (including phenoxy) is 1. The van der Waals surface area contributed by atoms with Crippen LogP contribution in [0, 0.1) is 5.82 Å². The molecular formula is C13H18FNO3. The molecular weight excluding hydrogens is 237 g/mol. The minimum absolute atomic E-state index is 0.198. The van der Waals surface area contributed by atoms with E-state index in [9.17, 15) is 14.3 Å². The van der Waals surface area contributed by atoms with Crippen LogP contribution in [0.3, 0.4) is 0 Å². The molecule has 2 atom stereocenters. The molecule has 0 aliphatic carbocycles. The molecule has 1 aromatic rings. The van der Waals surface area contributed by atoms with Crippen molar-refractivity contribution in [3.8, 4) is 5.75 Å². The summed E-state index contributed by atoms with van der Waals surface area (Å²) in [6.45, 7) is 3.12. The van der Waals surface area contributed by atoms with Gasteiger partial charge in [-0.3, -0.25) is 4.79 Å². The van der Waals surface area contributed by atoms with Crippen molar-refractivity contribution in [2.45, 2.75) is 26.1 Å². The molecule has 100 valence electrons. The van der Waals surface area contributed by atoms with Crippen molar-refractivity contribution in [1.29, 1.82) is 0 Å². The maximum absolute atomic E-state index is 13.1. The third-order valence-electron chi connectivity index (χ3n) is 2.51. The summed E-state index contributed by atoms with van der Waals surface area (Å²) in [6, 6.07) is 3.84. The van der Waals surface area contributed by atoms with Crippen LogP contribution in [0.25, 0.3) is 0 Å². The van der Waals surface area contributed by atoms with E-state index >= 15 is 0 Å². The van der Waals surface area contributed by atoms with Gasteiger partial charge in [-0.25, -0.2) is 4.39 Å². The number of hydrogen-bond acceptors (Lipinski definition) is 3. The first-order valence-corrected chi connectivity index (χ1v) is 5.68. The minimum atomic E-state index is -0.864. The van der Waals surface area contributed by atoms with Gasteiger partial charge in [0.15, 0.2) is 6.10 Å². The second-order valence-electron chi connectivity index (χ2n) is 4.35. The molecule has 1 rings (SSSR count). The van der Waals surface area contributed by atoms with Gasteiger partial charge in [-0.05, 0) is 32.0 Å². The maximum Gasteiger partial charge on any atom is 0.262 e. The van der Waals surface area contributed by atoms with E-state index in [4.69, 9.17) is 4.74 Å². The first kappa shape index (κ1) is 14.4. The summed E-state index contributed by atoms with van der Waals surface area (Å²) in [4.78, 5) is 13.1. The van der Waals surface area contributed by atoms with E-state index in [-0.39, 0.29) is 5.91 Å². The maximum atomic E-state index is 13.1. The SMILES string of the molecule is CC(Oc1ccc(F)cc1[C@H](C)O)C(=O)N(C)C. The Morgan fingerprint density at radius 2 is 2.00 bits per heavy atom. The molecule has 0 bridgehead atoms. The highest BCUT2D eigenvalue weighted by Gasteiger charge is 2.19. The van der Waals surface area contributed by atoms with Gasteiger partial charge in [-0.15, -0.1) is 0 Å². The second kappa shape index (κ2) is 5.82. The Bertz CT molecular complexity index is 432. The predicted octanol–water partition coefficient (Wildman–Crippen LogP) is 1.73. The summed E-state index contributed by atoms with van der Waals surface area (Å²) >= 11 is 0. The highest BCUT2D eigenvalue weighted by molar-refractivity contribution is 5.80. The summed E-state index contributed by atoms with van der Waals surface area (Å²) in [5.74, 6) is -0.338. The molecule has 0 aromatic heterocycles. The molecule has 5 heteroatoms. The molecule has 0 radical (unpaired) electrons. The summed E-state index contributed by atoms with van der Waals surface area (Å²) < 4.78 is 18.6. The van der Waals surface area contributed by atoms with Crippen molar-refractivity contribution < 1.29 is 19.0 Å². The van der Waals surface area contributed by atoms with Gasteiger partial charge in [-0.2, -0.15) is 0 Å². The van der Waals surface area contributed by atoms with E-state index in [0.29, 0.717) is 11.3 Å². The number of carbonyl (C=O) groups excluding carboxylic acids is 1. The average molecular weight is 255 g/mol. The van der Waals surface area contributed by atoms with Crippen molar-refractivity contribution in [2.75, 3.05) is 14.1 Å². The molecule has 0 spiro atoms. The van der Waals surface area contributed by atoms with Crippen molar-refractivity contribution in [3.63, 3.8) is 0 Å². The smallest absolute Gasteiger partial charge is 0.262 e. The number of benzene rings is 1. The summed E-state index contributed by atoms with van der Waals surface area (Å²) in [5, 5.41) is 9.55. The molecule has 1 N–H and O–H groups in total. The van der Waals surface area contributed by atoms with E-state index < -0.39 is 18.0 Å². The number of hydrogen-bond donors (Lipinski definition) is 1. The number of halogens is 1. The normalized spacial score (nSPS) is 13.9. The molecule has 0 aliphatic rings. The zero-order valence-electron chi connectivity index (χ0n) is 11.0. The first-order chi connectivity index (χ1) is 8.32. The number of rotatable bonds is 4. The van der Waals surface area contributed by atoms with Gasteiger partial charge in [0.05, 0.1) is 6.10 Å². The molecule has 0 fully saturated rings. The molecule has 1 amide bonds. The minimum Gasteiger partial charge on any atom is -0.481 e. The number of aliphatic hydroxyl groups excluding tert-OH is 1. The van der Waals surface area contributed by atoms with E-state index in [1.54, 1.807) is 21.0 Å². The molecule has 4 nitrogen and oxygen atoms in total. The fourth-order valence-corrected chi connectivity index (χ4v) is 1.56. The van der Waals surface area contributed by atoms with Gasteiger partial charge < -0.3 is 14.7 Å². The topological polar surface area (TPSA) is 49.8 Å². The van der Waals surface area contributed by atoms with Gasteiger partial charge in [0.1, 0.15) is 11.6 Å². The Morgan fingerprint density at radius 3 is 2.50 bits per heavy atom. The number of nitrogens with zero attached hydrogens (tertiary/aromatic N) is 1. The fraction of sp³-hybridized carbons (Fsp3) is 0.462. The molecule has 0 saturated heterocycles. The van der Waals surface area contributed by atoms with Crippen LogP contribution in [-0.4, -0.2) is 36.1 Å². The van der Waals surface area contributed by atoms with Crippen molar-refractivity contribution in [2.24, 2.45) is 0 Å². The standard InChI is InChI=1S/C13H18FNO3/c1-8(16)11-7-10(14)5-6-12(11)18-9(2)13(17)15(3)4/h5-9,16H,1-4H3/t8-,9?/m0/s1.